The van der Waals surface area contributed by atoms with Gasteiger partial charge in [-0.05, 0) is 35.6 Å². The Morgan fingerprint density at radius 3 is 1.90 bits per heavy atom. The molecule has 1 N–H and O–H groups in total. The molecule has 1 amide bonds. The molecular formula is C21H25F2NO4S. The number of hydrogen-bond acceptors (Lipinski definition) is 4. The first-order valence-corrected chi connectivity index (χ1v) is 10.8. The molecule has 0 aliphatic rings. The molecule has 0 fully saturated rings. The maximum absolute atomic E-state index is 14.0. The van der Waals surface area contributed by atoms with Gasteiger partial charge in [0.2, 0.25) is 0 Å². The quantitative estimate of drug-likeness (QED) is 0.713. The Hall–Kier alpha value is -2.32. The van der Waals surface area contributed by atoms with E-state index < -0.39 is 45.4 Å². The minimum absolute atomic E-state index is 0.113. The molecule has 2 aromatic carbocycles. The number of benzene rings is 2. The summed E-state index contributed by atoms with van der Waals surface area (Å²) in [5.41, 5.74) is -0.661. The molecule has 158 valence electrons. The van der Waals surface area contributed by atoms with E-state index in [1.807, 2.05) is 32.9 Å². The summed E-state index contributed by atoms with van der Waals surface area (Å²) in [7, 11) is -3.81. The molecule has 0 aliphatic heterocycles. The Labute approximate surface area is 170 Å². The van der Waals surface area contributed by atoms with Crippen LogP contribution in [0.2, 0.25) is 0 Å². The summed E-state index contributed by atoms with van der Waals surface area (Å²) in [4.78, 5) is 12.6. The smallest absolute Gasteiger partial charge is 0.264 e. The molecule has 1 unspecified atom stereocenters. The Kier molecular flexibility index (Phi) is 6.49. The predicted molar refractivity (Wildman–Crippen MR) is 107 cm³/mol. The molecular weight excluding hydrogens is 400 g/mol. The van der Waals surface area contributed by atoms with Crippen LogP contribution in [0.25, 0.3) is 0 Å². The Morgan fingerprint density at radius 1 is 0.966 bits per heavy atom. The van der Waals surface area contributed by atoms with E-state index in [0.717, 1.165) is 30.0 Å². The van der Waals surface area contributed by atoms with Gasteiger partial charge in [0.25, 0.3) is 16.0 Å². The highest BCUT2D eigenvalue weighted by Gasteiger charge is 2.33. The van der Waals surface area contributed by atoms with Crippen molar-refractivity contribution >= 4 is 16.0 Å². The number of carbonyl (C=O) groups is 1. The summed E-state index contributed by atoms with van der Waals surface area (Å²) >= 11 is 0. The van der Waals surface area contributed by atoms with Crippen molar-refractivity contribution in [2.24, 2.45) is 0 Å². The van der Waals surface area contributed by atoms with Gasteiger partial charge in [-0.3, -0.25) is 8.98 Å². The average Bonchev–Trinajstić information content (AvgIpc) is 2.59. The third kappa shape index (κ3) is 5.83. The van der Waals surface area contributed by atoms with Crippen LogP contribution in [0.1, 0.15) is 49.2 Å². The van der Waals surface area contributed by atoms with Crippen molar-refractivity contribution in [2.75, 3.05) is 12.9 Å². The first-order chi connectivity index (χ1) is 13.2. The molecule has 0 aromatic heterocycles. The standard InChI is InChI=1S/C21H25F2NO4S/c1-20(2,3)14-9-11-15(12-10-14)21(4,13-28-29(5,26)27)24-19(25)18-16(22)7-6-8-17(18)23/h6-12H,13H2,1-5H3,(H,24,25). The maximum Gasteiger partial charge on any atom is 0.264 e. The zero-order valence-corrected chi connectivity index (χ0v) is 17.9. The lowest BCUT2D eigenvalue weighted by atomic mass is 9.84. The van der Waals surface area contributed by atoms with Gasteiger partial charge in [0.05, 0.1) is 18.4 Å². The topological polar surface area (TPSA) is 72.5 Å². The molecule has 0 bridgehead atoms. The SMILES string of the molecule is CC(C)(C)c1ccc(C(C)(COS(C)(=O)=O)NC(=O)c2c(F)cccc2F)cc1. The van der Waals surface area contributed by atoms with E-state index in [0.29, 0.717) is 5.56 Å². The third-order valence-corrected chi connectivity index (χ3v) is 5.07. The second kappa shape index (κ2) is 8.20. The first-order valence-electron chi connectivity index (χ1n) is 8.95. The number of nitrogens with one attached hydrogen (secondary N) is 1. The van der Waals surface area contributed by atoms with Gasteiger partial charge in [-0.15, -0.1) is 0 Å². The molecule has 2 rings (SSSR count). The summed E-state index contributed by atoms with van der Waals surface area (Å²) in [5, 5.41) is 2.53. The highest BCUT2D eigenvalue weighted by Crippen LogP contribution is 2.28. The summed E-state index contributed by atoms with van der Waals surface area (Å²) in [5.74, 6) is -3.05. The molecule has 0 saturated heterocycles. The number of carbonyl (C=O) groups excluding carboxylic acids is 1. The largest absolute Gasteiger partial charge is 0.340 e. The summed E-state index contributed by atoms with van der Waals surface area (Å²) < 4.78 is 55.9. The van der Waals surface area contributed by atoms with Gasteiger partial charge in [-0.2, -0.15) is 8.42 Å². The van der Waals surface area contributed by atoms with Gasteiger partial charge in [0, 0.05) is 0 Å². The first kappa shape index (κ1) is 23.0. The normalized spacial score (nSPS) is 14.3. The van der Waals surface area contributed by atoms with Gasteiger partial charge in [-0.1, -0.05) is 51.1 Å². The van der Waals surface area contributed by atoms with Crippen LogP contribution in [0.5, 0.6) is 0 Å². The maximum atomic E-state index is 14.0. The fourth-order valence-corrected chi connectivity index (χ4v) is 3.23. The molecule has 0 saturated carbocycles. The van der Waals surface area contributed by atoms with Gasteiger partial charge in [0.1, 0.15) is 17.2 Å². The molecule has 0 aliphatic carbocycles. The highest BCUT2D eigenvalue weighted by atomic mass is 32.2. The molecule has 0 heterocycles. The lowest BCUT2D eigenvalue weighted by Gasteiger charge is -2.31. The second-order valence-electron chi connectivity index (χ2n) is 8.18. The zero-order valence-electron chi connectivity index (χ0n) is 17.0. The van der Waals surface area contributed by atoms with Gasteiger partial charge >= 0.3 is 0 Å². The van der Waals surface area contributed by atoms with Gasteiger partial charge in [0.15, 0.2) is 0 Å². The lowest BCUT2D eigenvalue weighted by Crippen LogP contribution is -2.47. The number of halogens is 2. The van der Waals surface area contributed by atoms with Gasteiger partial charge in [-0.25, -0.2) is 8.78 Å². The minimum atomic E-state index is -3.81. The fourth-order valence-electron chi connectivity index (χ4n) is 2.78. The third-order valence-electron chi connectivity index (χ3n) is 4.53. The van der Waals surface area contributed by atoms with E-state index in [1.165, 1.54) is 6.92 Å². The van der Waals surface area contributed by atoms with Crippen LogP contribution in [0.15, 0.2) is 42.5 Å². The van der Waals surface area contributed by atoms with E-state index in [-0.39, 0.29) is 5.41 Å². The Morgan fingerprint density at radius 2 is 1.45 bits per heavy atom. The summed E-state index contributed by atoms with van der Waals surface area (Å²) in [6.07, 6.45) is 0.883. The van der Waals surface area contributed by atoms with E-state index in [2.05, 4.69) is 5.32 Å². The van der Waals surface area contributed by atoms with E-state index in [9.17, 15) is 22.0 Å². The van der Waals surface area contributed by atoms with Crippen molar-refractivity contribution in [3.8, 4) is 0 Å². The van der Waals surface area contributed by atoms with Crippen LogP contribution in [-0.2, 0) is 25.3 Å². The van der Waals surface area contributed by atoms with Crippen LogP contribution in [0.4, 0.5) is 8.78 Å². The zero-order chi connectivity index (χ0) is 22.0. The van der Waals surface area contributed by atoms with Crippen molar-refractivity contribution in [3.05, 3.63) is 70.8 Å². The van der Waals surface area contributed by atoms with E-state index in [4.69, 9.17) is 4.18 Å². The molecule has 5 nitrogen and oxygen atoms in total. The van der Waals surface area contributed by atoms with Crippen molar-refractivity contribution in [1.82, 2.24) is 5.32 Å². The molecule has 2 aromatic rings. The molecule has 0 radical (unpaired) electrons. The Balaban J connectivity index is 2.44. The Bertz CT molecular complexity index is 978. The summed E-state index contributed by atoms with van der Waals surface area (Å²) in [6, 6.07) is 10.3. The lowest BCUT2D eigenvalue weighted by molar-refractivity contribution is 0.0858. The van der Waals surface area contributed by atoms with Crippen LogP contribution in [-0.4, -0.2) is 27.2 Å². The monoisotopic (exact) mass is 425 g/mol. The average molecular weight is 425 g/mol. The van der Waals surface area contributed by atoms with Crippen LogP contribution in [0.3, 0.4) is 0 Å². The number of hydrogen-bond donors (Lipinski definition) is 1. The molecule has 29 heavy (non-hydrogen) atoms. The molecule has 8 heteroatoms. The van der Waals surface area contributed by atoms with Crippen LogP contribution >= 0.6 is 0 Å². The number of amides is 1. The fraction of sp³-hybridized carbons (Fsp3) is 0.381. The highest BCUT2D eigenvalue weighted by molar-refractivity contribution is 7.85. The van der Waals surface area contributed by atoms with Crippen molar-refractivity contribution < 1.29 is 26.2 Å². The van der Waals surface area contributed by atoms with Crippen molar-refractivity contribution in [2.45, 2.75) is 38.6 Å². The van der Waals surface area contributed by atoms with Gasteiger partial charge < -0.3 is 5.32 Å². The second-order valence-corrected chi connectivity index (χ2v) is 9.82. The molecule has 1 atom stereocenters. The van der Waals surface area contributed by atoms with Crippen molar-refractivity contribution in [3.63, 3.8) is 0 Å². The van der Waals surface area contributed by atoms with Crippen LogP contribution < -0.4 is 5.32 Å². The predicted octanol–water partition coefficient (Wildman–Crippen LogP) is 3.88. The summed E-state index contributed by atoms with van der Waals surface area (Å²) in [6.45, 7) is 7.20. The number of rotatable bonds is 6. The van der Waals surface area contributed by atoms with E-state index in [1.54, 1.807) is 12.1 Å². The van der Waals surface area contributed by atoms with Crippen molar-refractivity contribution in [1.29, 1.82) is 0 Å². The van der Waals surface area contributed by atoms with E-state index >= 15 is 0 Å². The molecule has 0 spiro atoms. The minimum Gasteiger partial charge on any atom is -0.340 e. The van der Waals surface area contributed by atoms with Crippen LogP contribution in [0, 0.1) is 11.6 Å².